The van der Waals surface area contributed by atoms with Crippen molar-refractivity contribution >= 4 is 11.6 Å². The van der Waals surface area contributed by atoms with Crippen LogP contribution in [0.1, 0.15) is 23.7 Å². The average Bonchev–Trinajstić information content (AvgIpc) is 2.40. The van der Waals surface area contributed by atoms with Crippen LogP contribution in [0.2, 0.25) is 0 Å². The molecule has 1 heterocycles. The molecule has 0 atom stereocenters. The maximum atomic E-state index is 13.7. The second kappa shape index (κ2) is 5.36. The van der Waals surface area contributed by atoms with Gasteiger partial charge in [0.05, 0.1) is 16.6 Å². The van der Waals surface area contributed by atoms with Gasteiger partial charge in [0.2, 0.25) is 5.82 Å². The number of hydrogen-bond acceptors (Lipinski definition) is 3. The fourth-order valence-corrected chi connectivity index (χ4v) is 1.97. The molecule has 0 spiro atoms. The van der Waals surface area contributed by atoms with Gasteiger partial charge in [0.15, 0.2) is 0 Å². The van der Waals surface area contributed by atoms with E-state index in [2.05, 4.69) is 0 Å². The van der Waals surface area contributed by atoms with E-state index in [4.69, 9.17) is 0 Å². The molecule has 1 aromatic carbocycles. The second-order valence-corrected chi connectivity index (χ2v) is 4.59. The van der Waals surface area contributed by atoms with E-state index in [1.165, 1.54) is 4.90 Å². The number of benzene rings is 1. The quantitative estimate of drug-likeness (QED) is 0.476. The summed E-state index contributed by atoms with van der Waals surface area (Å²) < 4.78 is 27.2. The van der Waals surface area contributed by atoms with Gasteiger partial charge in [0.25, 0.3) is 5.91 Å². The molecule has 1 aliphatic rings. The zero-order chi connectivity index (χ0) is 14.9. The Morgan fingerprint density at radius 1 is 1.35 bits per heavy atom. The first-order chi connectivity index (χ1) is 9.40. The fourth-order valence-electron chi connectivity index (χ4n) is 1.97. The number of nitrogens with zero attached hydrogens (tertiary/aromatic N) is 2. The highest BCUT2D eigenvalue weighted by Gasteiger charge is 2.25. The highest BCUT2D eigenvalue weighted by atomic mass is 19.1. The molecule has 0 aromatic heterocycles. The summed E-state index contributed by atoms with van der Waals surface area (Å²) in [6, 6.07) is 1.02. The number of rotatable bonds is 2. The molecule has 0 fully saturated rings. The number of halogens is 2. The standard InChI is InChI=1S/C13H12F2N2O3/c1-8-2-4-16(5-3-8)13(18)9-6-11(15)12(17(19)20)7-10(9)14/h2,6-7H,3-5H2,1H3. The molecule has 1 aliphatic heterocycles. The normalized spacial score (nSPS) is 14.9. The molecule has 0 saturated heterocycles. The predicted molar refractivity (Wildman–Crippen MR) is 67.3 cm³/mol. The van der Waals surface area contributed by atoms with E-state index in [9.17, 15) is 23.7 Å². The molecule has 20 heavy (non-hydrogen) atoms. The molecule has 106 valence electrons. The van der Waals surface area contributed by atoms with Gasteiger partial charge in [-0.15, -0.1) is 0 Å². The lowest BCUT2D eigenvalue weighted by molar-refractivity contribution is -0.387. The van der Waals surface area contributed by atoms with Crippen LogP contribution in [0.25, 0.3) is 0 Å². The van der Waals surface area contributed by atoms with Crippen molar-refractivity contribution in [1.82, 2.24) is 4.90 Å². The number of hydrogen-bond donors (Lipinski definition) is 0. The van der Waals surface area contributed by atoms with Crippen LogP contribution < -0.4 is 0 Å². The van der Waals surface area contributed by atoms with Crippen molar-refractivity contribution in [3.63, 3.8) is 0 Å². The molecular weight excluding hydrogens is 270 g/mol. The number of amides is 1. The lowest BCUT2D eigenvalue weighted by Gasteiger charge is -2.25. The molecular formula is C13H12F2N2O3. The number of carbonyl (C=O) groups is 1. The topological polar surface area (TPSA) is 63.5 Å². The third-order valence-electron chi connectivity index (χ3n) is 3.19. The average molecular weight is 282 g/mol. The Balaban J connectivity index is 2.31. The van der Waals surface area contributed by atoms with Gasteiger partial charge in [-0.1, -0.05) is 11.6 Å². The second-order valence-electron chi connectivity index (χ2n) is 4.59. The van der Waals surface area contributed by atoms with Gasteiger partial charge < -0.3 is 4.90 Å². The van der Waals surface area contributed by atoms with E-state index < -0.39 is 33.7 Å². The molecule has 7 heteroatoms. The first-order valence-corrected chi connectivity index (χ1v) is 5.98. The van der Waals surface area contributed by atoms with E-state index in [1.54, 1.807) is 0 Å². The number of nitro benzene ring substituents is 1. The molecule has 0 N–H and O–H groups in total. The minimum Gasteiger partial charge on any atom is -0.335 e. The summed E-state index contributed by atoms with van der Waals surface area (Å²) in [6.07, 6.45) is 2.50. The van der Waals surface area contributed by atoms with Gasteiger partial charge >= 0.3 is 5.69 Å². The molecule has 0 aliphatic carbocycles. The summed E-state index contributed by atoms with van der Waals surface area (Å²) in [4.78, 5) is 22.9. The molecule has 0 saturated carbocycles. The summed E-state index contributed by atoms with van der Waals surface area (Å²) >= 11 is 0. The van der Waals surface area contributed by atoms with Gasteiger partial charge in [-0.05, 0) is 19.4 Å². The van der Waals surface area contributed by atoms with Crippen LogP contribution in [0.5, 0.6) is 0 Å². The van der Waals surface area contributed by atoms with E-state index in [0.717, 1.165) is 5.57 Å². The van der Waals surface area contributed by atoms with Crippen LogP contribution in [-0.4, -0.2) is 28.8 Å². The summed E-state index contributed by atoms with van der Waals surface area (Å²) in [5.41, 5.74) is -0.334. The van der Waals surface area contributed by atoms with Crippen LogP contribution in [-0.2, 0) is 0 Å². The van der Waals surface area contributed by atoms with E-state index in [-0.39, 0.29) is 0 Å². The van der Waals surface area contributed by atoms with Crippen molar-refractivity contribution in [1.29, 1.82) is 0 Å². The largest absolute Gasteiger partial charge is 0.335 e. The Labute approximate surface area is 113 Å². The van der Waals surface area contributed by atoms with Crippen LogP contribution in [0.4, 0.5) is 14.5 Å². The number of nitro groups is 1. The molecule has 1 amide bonds. The summed E-state index contributed by atoms with van der Waals surface area (Å²) in [5, 5.41) is 10.5. The van der Waals surface area contributed by atoms with Gasteiger partial charge in [0, 0.05) is 13.1 Å². The molecule has 0 unspecified atom stereocenters. The Hall–Kier alpha value is -2.31. The molecule has 1 aromatic rings. The van der Waals surface area contributed by atoms with Crippen molar-refractivity contribution in [2.45, 2.75) is 13.3 Å². The minimum atomic E-state index is -1.22. The Morgan fingerprint density at radius 3 is 2.60 bits per heavy atom. The Bertz CT molecular complexity index is 614. The van der Waals surface area contributed by atoms with Gasteiger partial charge in [-0.2, -0.15) is 4.39 Å². The van der Waals surface area contributed by atoms with Crippen molar-refractivity contribution < 1.29 is 18.5 Å². The summed E-state index contributed by atoms with van der Waals surface area (Å²) in [6.45, 7) is 2.66. The Kier molecular flexibility index (Phi) is 3.78. The third kappa shape index (κ3) is 2.66. The third-order valence-corrected chi connectivity index (χ3v) is 3.19. The van der Waals surface area contributed by atoms with Crippen molar-refractivity contribution in [3.8, 4) is 0 Å². The van der Waals surface area contributed by atoms with E-state index >= 15 is 0 Å². The Morgan fingerprint density at radius 2 is 2.05 bits per heavy atom. The highest BCUT2D eigenvalue weighted by Crippen LogP contribution is 2.23. The fraction of sp³-hybridized carbons (Fsp3) is 0.308. The summed E-state index contributed by atoms with van der Waals surface area (Å²) in [7, 11) is 0. The molecule has 0 bridgehead atoms. The first-order valence-electron chi connectivity index (χ1n) is 5.98. The van der Waals surface area contributed by atoms with E-state index in [0.29, 0.717) is 31.6 Å². The van der Waals surface area contributed by atoms with Crippen LogP contribution in [0.3, 0.4) is 0 Å². The zero-order valence-electron chi connectivity index (χ0n) is 10.7. The molecule has 5 nitrogen and oxygen atoms in total. The zero-order valence-corrected chi connectivity index (χ0v) is 10.7. The SMILES string of the molecule is CC1=CCN(C(=O)c2cc(F)c([N+](=O)[O-])cc2F)CC1. The lowest BCUT2D eigenvalue weighted by Crippen LogP contribution is -2.35. The highest BCUT2D eigenvalue weighted by molar-refractivity contribution is 5.95. The number of carbonyl (C=O) groups excluding carboxylic acids is 1. The van der Waals surface area contributed by atoms with Crippen LogP contribution in [0.15, 0.2) is 23.8 Å². The van der Waals surface area contributed by atoms with Crippen molar-refractivity contribution in [3.05, 3.63) is 51.1 Å². The minimum absolute atomic E-state index is 0.322. The predicted octanol–water partition coefficient (Wildman–Crippen LogP) is 2.67. The maximum Gasteiger partial charge on any atom is 0.307 e. The van der Waals surface area contributed by atoms with Crippen molar-refractivity contribution in [2.24, 2.45) is 0 Å². The molecule has 0 radical (unpaired) electrons. The monoisotopic (exact) mass is 282 g/mol. The lowest BCUT2D eigenvalue weighted by atomic mass is 10.1. The van der Waals surface area contributed by atoms with Gasteiger partial charge in [0.1, 0.15) is 5.82 Å². The summed E-state index contributed by atoms with van der Waals surface area (Å²) in [5.74, 6) is -2.97. The molecule has 2 rings (SSSR count). The van der Waals surface area contributed by atoms with Crippen LogP contribution in [0, 0.1) is 21.7 Å². The first kappa shape index (κ1) is 14.1. The van der Waals surface area contributed by atoms with Gasteiger partial charge in [-0.3, -0.25) is 14.9 Å². The smallest absolute Gasteiger partial charge is 0.307 e. The maximum absolute atomic E-state index is 13.7. The van der Waals surface area contributed by atoms with Crippen molar-refractivity contribution in [2.75, 3.05) is 13.1 Å². The van der Waals surface area contributed by atoms with E-state index in [1.807, 2.05) is 13.0 Å². The van der Waals surface area contributed by atoms with Gasteiger partial charge in [-0.25, -0.2) is 4.39 Å². The van der Waals surface area contributed by atoms with Crippen LogP contribution >= 0.6 is 0 Å².